The predicted molar refractivity (Wildman–Crippen MR) is 98.0 cm³/mol. The maximum absolute atomic E-state index is 11.9. The molecule has 136 valence electrons. The third kappa shape index (κ3) is 6.21. The van der Waals surface area contributed by atoms with Crippen molar-refractivity contribution in [3.63, 3.8) is 0 Å². The smallest absolute Gasteiger partial charge is 0.331 e. The van der Waals surface area contributed by atoms with Crippen LogP contribution in [0.15, 0.2) is 35.2 Å². The number of thioether (sulfide) groups is 1. The van der Waals surface area contributed by atoms with Crippen molar-refractivity contribution in [2.24, 2.45) is 0 Å². The quantitative estimate of drug-likeness (QED) is 0.456. The summed E-state index contributed by atoms with van der Waals surface area (Å²) in [6.45, 7) is 1.24. The predicted octanol–water partition coefficient (Wildman–Crippen LogP) is 1.66. The van der Waals surface area contributed by atoms with Crippen LogP contribution in [0.5, 0.6) is 0 Å². The van der Waals surface area contributed by atoms with Gasteiger partial charge in [-0.05, 0) is 43.4 Å². The fraction of sp³-hybridized carbons (Fsp3) is 0.412. The third-order valence-corrected chi connectivity index (χ3v) is 6.46. The minimum atomic E-state index is -3.11. The van der Waals surface area contributed by atoms with Gasteiger partial charge >= 0.3 is 5.97 Å². The van der Waals surface area contributed by atoms with E-state index in [9.17, 15) is 18.0 Å². The van der Waals surface area contributed by atoms with Gasteiger partial charge in [-0.15, -0.1) is 11.8 Å². The average molecular weight is 383 g/mol. The van der Waals surface area contributed by atoms with Crippen LogP contribution >= 0.6 is 11.8 Å². The van der Waals surface area contributed by atoms with E-state index in [0.717, 1.165) is 10.5 Å². The Morgan fingerprint density at radius 3 is 2.56 bits per heavy atom. The fourth-order valence-electron chi connectivity index (χ4n) is 2.55. The molecule has 0 radical (unpaired) electrons. The average Bonchev–Trinajstić information content (AvgIpc) is 2.84. The van der Waals surface area contributed by atoms with Crippen molar-refractivity contribution < 1.29 is 22.7 Å². The van der Waals surface area contributed by atoms with Crippen molar-refractivity contribution in [3.8, 4) is 0 Å². The third-order valence-electron chi connectivity index (χ3n) is 3.82. The molecule has 1 heterocycles. The molecule has 1 aliphatic rings. The molecule has 25 heavy (non-hydrogen) atoms. The second-order valence-corrected chi connectivity index (χ2v) is 9.23. The molecule has 1 atom stereocenters. The fourth-order valence-corrected chi connectivity index (χ4v) is 5.05. The Bertz CT molecular complexity index is 771. The van der Waals surface area contributed by atoms with E-state index in [2.05, 4.69) is 5.32 Å². The van der Waals surface area contributed by atoms with E-state index in [1.165, 1.54) is 6.08 Å². The van der Waals surface area contributed by atoms with Crippen molar-refractivity contribution in [2.75, 3.05) is 24.4 Å². The molecule has 1 N–H and O–H groups in total. The van der Waals surface area contributed by atoms with Crippen molar-refractivity contribution in [2.45, 2.75) is 23.8 Å². The Kier molecular flexibility index (Phi) is 6.29. The van der Waals surface area contributed by atoms with Crippen LogP contribution in [0.2, 0.25) is 0 Å². The van der Waals surface area contributed by atoms with Crippen LogP contribution in [-0.2, 0) is 24.2 Å². The molecule has 1 aliphatic heterocycles. The molecule has 0 bridgehead atoms. The number of sulfone groups is 1. The maximum Gasteiger partial charge on any atom is 0.331 e. The number of hydrogen-bond acceptors (Lipinski definition) is 6. The monoisotopic (exact) mass is 383 g/mol. The Morgan fingerprint density at radius 1 is 1.32 bits per heavy atom. The van der Waals surface area contributed by atoms with Crippen molar-refractivity contribution in [1.82, 2.24) is 5.32 Å². The highest BCUT2D eigenvalue weighted by atomic mass is 32.2. The number of esters is 1. The Labute approximate surface area is 151 Å². The molecule has 0 saturated carbocycles. The topological polar surface area (TPSA) is 89.5 Å². The van der Waals surface area contributed by atoms with Crippen LogP contribution in [0.1, 0.15) is 18.9 Å². The molecule has 1 aromatic carbocycles. The highest BCUT2D eigenvalue weighted by molar-refractivity contribution is 7.98. The first-order chi connectivity index (χ1) is 11.7. The Balaban J connectivity index is 1.79. The molecule has 0 unspecified atom stereocenters. The van der Waals surface area contributed by atoms with Gasteiger partial charge in [0.1, 0.15) is 0 Å². The van der Waals surface area contributed by atoms with Crippen LogP contribution < -0.4 is 5.32 Å². The van der Waals surface area contributed by atoms with Gasteiger partial charge in [0, 0.05) is 11.0 Å². The van der Waals surface area contributed by atoms with Gasteiger partial charge in [-0.3, -0.25) is 4.79 Å². The summed E-state index contributed by atoms with van der Waals surface area (Å²) in [6.07, 6.45) is 5.20. The van der Waals surface area contributed by atoms with Gasteiger partial charge in [-0.25, -0.2) is 13.2 Å². The lowest BCUT2D eigenvalue weighted by Crippen LogP contribution is -2.48. The first-order valence-electron chi connectivity index (χ1n) is 7.72. The first kappa shape index (κ1) is 19.5. The molecule has 0 aromatic heterocycles. The summed E-state index contributed by atoms with van der Waals surface area (Å²) in [6, 6.07) is 7.65. The van der Waals surface area contributed by atoms with E-state index in [0.29, 0.717) is 6.42 Å². The molecule has 1 fully saturated rings. The molecule has 2 rings (SSSR count). The zero-order valence-corrected chi connectivity index (χ0v) is 15.8. The molecule has 1 saturated heterocycles. The number of rotatable bonds is 6. The number of benzene rings is 1. The molecule has 1 aromatic rings. The van der Waals surface area contributed by atoms with E-state index in [-0.39, 0.29) is 11.5 Å². The second kappa shape index (κ2) is 8.05. The largest absolute Gasteiger partial charge is 0.452 e. The van der Waals surface area contributed by atoms with E-state index >= 15 is 0 Å². The summed E-state index contributed by atoms with van der Waals surface area (Å²) in [5.41, 5.74) is 0.0554. The summed E-state index contributed by atoms with van der Waals surface area (Å²) in [5, 5.41) is 2.63. The van der Waals surface area contributed by atoms with E-state index in [1.807, 2.05) is 30.5 Å². The van der Waals surface area contributed by atoms with Crippen LogP contribution in [0, 0.1) is 0 Å². The minimum absolute atomic E-state index is 0.0572. The normalized spacial score (nSPS) is 22.0. The van der Waals surface area contributed by atoms with E-state index in [1.54, 1.807) is 24.8 Å². The SMILES string of the molecule is CSc1ccc(/C=C/C(=O)OCC(=O)N[C@]2(C)CCS(=O)(=O)C2)cc1. The zero-order valence-electron chi connectivity index (χ0n) is 14.2. The summed E-state index contributed by atoms with van der Waals surface area (Å²) in [7, 11) is -3.11. The van der Waals surface area contributed by atoms with Crippen LogP contribution in [-0.4, -0.2) is 50.2 Å². The molecule has 0 aliphatic carbocycles. The lowest BCUT2D eigenvalue weighted by molar-refractivity contribution is -0.144. The Hall–Kier alpha value is -1.80. The molecule has 1 amide bonds. The van der Waals surface area contributed by atoms with Crippen LogP contribution in [0.3, 0.4) is 0 Å². The summed E-state index contributed by atoms with van der Waals surface area (Å²) in [5.74, 6) is -1.17. The lowest BCUT2D eigenvalue weighted by Gasteiger charge is -2.23. The maximum atomic E-state index is 11.9. The van der Waals surface area contributed by atoms with Crippen LogP contribution in [0.25, 0.3) is 6.08 Å². The van der Waals surface area contributed by atoms with Gasteiger partial charge in [-0.1, -0.05) is 12.1 Å². The number of hydrogen-bond donors (Lipinski definition) is 1. The Morgan fingerprint density at radius 2 is 2.00 bits per heavy atom. The van der Waals surface area contributed by atoms with Gasteiger partial charge < -0.3 is 10.1 Å². The summed E-state index contributed by atoms with van der Waals surface area (Å²) >= 11 is 1.63. The standard InChI is InChI=1S/C17H21NO5S2/c1-17(9-10-25(21,22)12-17)18-15(19)11-23-16(20)8-5-13-3-6-14(24-2)7-4-13/h3-8H,9-12H2,1-2H3,(H,18,19)/b8-5+/t17-/m1/s1. The number of nitrogens with one attached hydrogen (secondary N) is 1. The first-order valence-corrected chi connectivity index (χ1v) is 10.8. The van der Waals surface area contributed by atoms with E-state index < -0.39 is 33.9 Å². The number of ether oxygens (including phenoxy) is 1. The molecular formula is C17H21NO5S2. The zero-order chi connectivity index (χ0) is 18.5. The van der Waals surface area contributed by atoms with Gasteiger partial charge in [0.2, 0.25) is 0 Å². The van der Waals surface area contributed by atoms with Gasteiger partial charge in [0.05, 0.1) is 17.0 Å². The number of amides is 1. The highest BCUT2D eigenvalue weighted by Crippen LogP contribution is 2.22. The highest BCUT2D eigenvalue weighted by Gasteiger charge is 2.39. The van der Waals surface area contributed by atoms with E-state index in [4.69, 9.17) is 4.74 Å². The minimum Gasteiger partial charge on any atom is -0.452 e. The van der Waals surface area contributed by atoms with Gasteiger partial charge in [0.25, 0.3) is 5.91 Å². The van der Waals surface area contributed by atoms with Crippen molar-refractivity contribution >= 4 is 39.6 Å². The second-order valence-electron chi connectivity index (χ2n) is 6.17. The molecular weight excluding hydrogens is 362 g/mol. The number of carbonyl (C=O) groups excluding carboxylic acids is 2. The van der Waals surface area contributed by atoms with Gasteiger partial charge in [0.15, 0.2) is 16.4 Å². The molecule has 8 heteroatoms. The van der Waals surface area contributed by atoms with Gasteiger partial charge in [-0.2, -0.15) is 0 Å². The summed E-state index contributed by atoms with van der Waals surface area (Å²) in [4.78, 5) is 24.7. The molecule has 6 nitrogen and oxygen atoms in total. The summed E-state index contributed by atoms with van der Waals surface area (Å²) < 4.78 is 27.9. The van der Waals surface area contributed by atoms with Crippen LogP contribution in [0.4, 0.5) is 0 Å². The molecule has 0 spiro atoms. The number of carbonyl (C=O) groups is 2. The van der Waals surface area contributed by atoms with Crippen molar-refractivity contribution in [3.05, 3.63) is 35.9 Å². The van der Waals surface area contributed by atoms with Crippen molar-refractivity contribution in [1.29, 1.82) is 0 Å². The lowest BCUT2D eigenvalue weighted by atomic mass is 10.0.